The van der Waals surface area contributed by atoms with Crippen LogP contribution < -0.4 is 0 Å². The Hall–Kier alpha value is -1.35. The van der Waals surface area contributed by atoms with Crippen LogP contribution in [0.25, 0.3) is 0 Å². The zero-order valence-corrected chi connectivity index (χ0v) is 12.5. The van der Waals surface area contributed by atoms with Gasteiger partial charge in [0.05, 0.1) is 5.41 Å². The fourth-order valence-corrected chi connectivity index (χ4v) is 3.02. The number of carbonyl (C=O) groups excluding carboxylic acids is 1. The van der Waals surface area contributed by atoms with Crippen molar-refractivity contribution in [2.45, 2.75) is 51.0 Å². The predicted molar refractivity (Wildman–Crippen MR) is 80.5 cm³/mol. The third-order valence-electron chi connectivity index (χ3n) is 4.38. The van der Waals surface area contributed by atoms with Gasteiger partial charge in [-0.15, -0.1) is 0 Å². The minimum absolute atomic E-state index is 0.134. The molecule has 3 heteroatoms. The predicted octanol–water partition coefficient (Wildman–Crippen LogP) is 2.73. The lowest BCUT2D eigenvalue weighted by Crippen LogP contribution is -2.53. The molecule has 1 aliphatic carbocycles. The summed E-state index contributed by atoms with van der Waals surface area (Å²) < 4.78 is 0. The normalized spacial score (nSPS) is 16.8. The second kappa shape index (κ2) is 6.40. The van der Waals surface area contributed by atoms with Crippen LogP contribution in [0.1, 0.15) is 45.1 Å². The van der Waals surface area contributed by atoms with Gasteiger partial charge in [-0.25, -0.2) is 0 Å². The highest BCUT2D eigenvalue weighted by Crippen LogP contribution is 2.45. The first kappa shape index (κ1) is 15.0. The quantitative estimate of drug-likeness (QED) is 0.867. The second-order valence-electron chi connectivity index (χ2n) is 5.97. The van der Waals surface area contributed by atoms with Gasteiger partial charge >= 0.3 is 0 Å². The molecule has 0 aromatic heterocycles. The fraction of sp³-hybridized carbons (Fsp3) is 0.588. The minimum atomic E-state index is -0.318. The molecule has 110 valence electrons. The van der Waals surface area contributed by atoms with Gasteiger partial charge in [0.1, 0.15) is 0 Å². The summed E-state index contributed by atoms with van der Waals surface area (Å²) in [5, 5.41) is 9.03. The highest BCUT2D eigenvalue weighted by molar-refractivity contribution is 5.89. The molecule has 1 aromatic rings. The molecule has 20 heavy (non-hydrogen) atoms. The smallest absolute Gasteiger partial charge is 0.233 e. The first-order valence-corrected chi connectivity index (χ1v) is 7.59. The van der Waals surface area contributed by atoms with Crippen molar-refractivity contribution >= 4 is 5.91 Å². The van der Waals surface area contributed by atoms with Crippen LogP contribution in [0.3, 0.4) is 0 Å². The average Bonchev–Trinajstić information content (AvgIpc) is 2.39. The average molecular weight is 275 g/mol. The Balaban J connectivity index is 2.24. The van der Waals surface area contributed by atoms with Crippen LogP contribution in [-0.2, 0) is 10.2 Å². The topological polar surface area (TPSA) is 40.5 Å². The van der Waals surface area contributed by atoms with Gasteiger partial charge in [-0.3, -0.25) is 4.79 Å². The summed E-state index contributed by atoms with van der Waals surface area (Å²) in [6, 6.07) is 10.3. The summed E-state index contributed by atoms with van der Waals surface area (Å²) in [6.07, 6.45) is 3.65. The van der Waals surface area contributed by atoms with E-state index >= 15 is 0 Å². The third kappa shape index (κ3) is 2.73. The maximum absolute atomic E-state index is 13.0. The van der Waals surface area contributed by atoms with Crippen molar-refractivity contribution in [3.63, 3.8) is 0 Å². The number of amides is 1. The van der Waals surface area contributed by atoms with Gasteiger partial charge in [0, 0.05) is 19.2 Å². The number of benzene rings is 1. The van der Waals surface area contributed by atoms with E-state index < -0.39 is 0 Å². The second-order valence-corrected chi connectivity index (χ2v) is 5.97. The van der Waals surface area contributed by atoms with Gasteiger partial charge < -0.3 is 10.0 Å². The molecule has 1 saturated carbocycles. The summed E-state index contributed by atoms with van der Waals surface area (Å²) in [5.41, 5.74) is 0.826. The van der Waals surface area contributed by atoms with E-state index in [0.717, 1.165) is 24.8 Å². The molecular formula is C17H25NO2. The standard InChI is InChI=1S/C17H25NO2/c1-14(2)18(12-7-13-19)16(20)17(10-6-11-17)15-8-4-3-5-9-15/h3-5,8-9,14,19H,6-7,10-13H2,1-2H3. The Morgan fingerprint density at radius 3 is 2.40 bits per heavy atom. The minimum Gasteiger partial charge on any atom is -0.396 e. The Morgan fingerprint density at radius 2 is 1.95 bits per heavy atom. The van der Waals surface area contributed by atoms with E-state index in [0.29, 0.717) is 13.0 Å². The number of aliphatic hydroxyl groups is 1. The fourth-order valence-electron chi connectivity index (χ4n) is 3.02. The Kier molecular flexibility index (Phi) is 4.81. The van der Waals surface area contributed by atoms with Gasteiger partial charge in [-0.1, -0.05) is 36.8 Å². The van der Waals surface area contributed by atoms with Crippen LogP contribution in [-0.4, -0.2) is 35.1 Å². The molecule has 0 spiro atoms. The Bertz CT molecular complexity index is 438. The maximum Gasteiger partial charge on any atom is 0.233 e. The molecule has 0 saturated heterocycles. The van der Waals surface area contributed by atoms with Gasteiger partial charge in [0.2, 0.25) is 5.91 Å². The zero-order valence-electron chi connectivity index (χ0n) is 12.5. The van der Waals surface area contributed by atoms with Crippen molar-refractivity contribution in [2.24, 2.45) is 0 Å². The molecular weight excluding hydrogens is 250 g/mol. The van der Waals surface area contributed by atoms with E-state index in [1.54, 1.807) is 0 Å². The van der Waals surface area contributed by atoms with Crippen LogP contribution in [0.2, 0.25) is 0 Å². The summed E-state index contributed by atoms with van der Waals surface area (Å²) in [7, 11) is 0. The van der Waals surface area contributed by atoms with Crippen molar-refractivity contribution in [3.05, 3.63) is 35.9 Å². The summed E-state index contributed by atoms with van der Waals surface area (Å²) in [6.45, 7) is 4.87. The zero-order chi connectivity index (χ0) is 14.6. The number of hydrogen-bond donors (Lipinski definition) is 1. The molecule has 0 bridgehead atoms. The molecule has 0 radical (unpaired) electrons. The van der Waals surface area contributed by atoms with Crippen molar-refractivity contribution in [1.29, 1.82) is 0 Å². The third-order valence-corrected chi connectivity index (χ3v) is 4.38. The van der Waals surface area contributed by atoms with Crippen LogP contribution in [0.4, 0.5) is 0 Å². The van der Waals surface area contributed by atoms with Crippen LogP contribution in [0.15, 0.2) is 30.3 Å². The van der Waals surface area contributed by atoms with Gasteiger partial charge in [-0.05, 0) is 38.7 Å². The van der Waals surface area contributed by atoms with Gasteiger partial charge in [-0.2, -0.15) is 0 Å². The molecule has 1 fully saturated rings. The molecule has 1 aromatic carbocycles. The number of nitrogens with zero attached hydrogens (tertiary/aromatic N) is 1. The molecule has 0 atom stereocenters. The van der Waals surface area contributed by atoms with Crippen molar-refractivity contribution < 1.29 is 9.90 Å². The van der Waals surface area contributed by atoms with E-state index in [1.807, 2.05) is 36.9 Å². The van der Waals surface area contributed by atoms with E-state index in [-0.39, 0.29) is 24.0 Å². The molecule has 1 aliphatic rings. The Labute approximate surface area is 121 Å². The lowest BCUT2D eigenvalue weighted by Gasteiger charge is -2.45. The number of rotatable bonds is 6. The van der Waals surface area contributed by atoms with Gasteiger partial charge in [0.15, 0.2) is 0 Å². The summed E-state index contributed by atoms with van der Waals surface area (Å²) >= 11 is 0. The lowest BCUT2D eigenvalue weighted by atomic mass is 9.63. The molecule has 1 N–H and O–H groups in total. The first-order chi connectivity index (χ1) is 9.62. The van der Waals surface area contributed by atoms with E-state index in [9.17, 15) is 4.79 Å². The van der Waals surface area contributed by atoms with E-state index in [2.05, 4.69) is 12.1 Å². The van der Waals surface area contributed by atoms with Crippen LogP contribution >= 0.6 is 0 Å². The molecule has 1 amide bonds. The van der Waals surface area contributed by atoms with Crippen molar-refractivity contribution in [3.8, 4) is 0 Å². The monoisotopic (exact) mass is 275 g/mol. The van der Waals surface area contributed by atoms with Crippen LogP contribution in [0, 0.1) is 0 Å². The highest BCUT2D eigenvalue weighted by Gasteiger charge is 2.47. The maximum atomic E-state index is 13.0. The highest BCUT2D eigenvalue weighted by atomic mass is 16.3. The lowest BCUT2D eigenvalue weighted by molar-refractivity contribution is -0.143. The molecule has 3 nitrogen and oxygen atoms in total. The van der Waals surface area contributed by atoms with Gasteiger partial charge in [0.25, 0.3) is 0 Å². The summed E-state index contributed by atoms with van der Waals surface area (Å²) in [4.78, 5) is 15.0. The SMILES string of the molecule is CC(C)N(CCCO)C(=O)C1(c2ccccc2)CCC1. The largest absolute Gasteiger partial charge is 0.396 e. The summed E-state index contributed by atoms with van der Waals surface area (Å²) in [5.74, 6) is 0.235. The van der Waals surface area contributed by atoms with Crippen LogP contribution in [0.5, 0.6) is 0 Å². The first-order valence-electron chi connectivity index (χ1n) is 7.59. The van der Waals surface area contributed by atoms with Crippen molar-refractivity contribution in [2.75, 3.05) is 13.2 Å². The molecule has 0 aliphatic heterocycles. The molecule has 0 heterocycles. The van der Waals surface area contributed by atoms with E-state index in [1.165, 1.54) is 0 Å². The number of aliphatic hydroxyl groups excluding tert-OH is 1. The molecule has 2 rings (SSSR count). The van der Waals surface area contributed by atoms with E-state index in [4.69, 9.17) is 5.11 Å². The van der Waals surface area contributed by atoms with Crippen molar-refractivity contribution in [1.82, 2.24) is 4.90 Å². The molecule has 0 unspecified atom stereocenters. The Morgan fingerprint density at radius 1 is 1.30 bits per heavy atom. The number of carbonyl (C=O) groups is 1. The number of hydrogen-bond acceptors (Lipinski definition) is 2.